The normalized spacial score (nSPS) is 21.2. The molecule has 2 aliphatic heterocycles. The van der Waals surface area contributed by atoms with E-state index in [2.05, 4.69) is 17.1 Å². The largest absolute Gasteiger partial charge is 0.466 e. The second-order valence-electron chi connectivity index (χ2n) is 6.40. The summed E-state index contributed by atoms with van der Waals surface area (Å²) in [4.78, 5) is 27.3. The van der Waals surface area contributed by atoms with Gasteiger partial charge in [0.15, 0.2) is 5.11 Å². The highest BCUT2D eigenvalue weighted by atomic mass is 32.1. The molecule has 1 amide bonds. The Morgan fingerprint density at radius 2 is 2.08 bits per heavy atom. The minimum Gasteiger partial charge on any atom is -0.466 e. The van der Waals surface area contributed by atoms with E-state index in [0.29, 0.717) is 32.6 Å². The van der Waals surface area contributed by atoms with E-state index >= 15 is 0 Å². The number of thiocarbonyl (C=S) groups is 1. The molecule has 2 heterocycles. The Labute approximate surface area is 155 Å². The van der Waals surface area contributed by atoms with Crippen molar-refractivity contribution < 1.29 is 19.1 Å². The van der Waals surface area contributed by atoms with Crippen molar-refractivity contribution in [3.8, 4) is 0 Å². The van der Waals surface area contributed by atoms with E-state index in [1.807, 2.05) is 4.90 Å². The number of piperidine rings is 1. The molecule has 0 aromatic heterocycles. The number of hydrogen-bond acceptors (Lipinski definition) is 5. The van der Waals surface area contributed by atoms with Gasteiger partial charge in [-0.25, -0.2) is 4.79 Å². The minimum atomic E-state index is -0.176. The Morgan fingerprint density at radius 1 is 1.36 bits per heavy atom. The van der Waals surface area contributed by atoms with Crippen molar-refractivity contribution in [3.05, 3.63) is 0 Å². The van der Waals surface area contributed by atoms with Gasteiger partial charge in [-0.1, -0.05) is 6.92 Å². The average molecular weight is 372 g/mol. The molecule has 0 bridgehead atoms. The monoisotopic (exact) mass is 371 g/mol. The second-order valence-corrected chi connectivity index (χ2v) is 6.79. The van der Waals surface area contributed by atoms with Crippen LogP contribution in [0.1, 0.15) is 46.0 Å². The first-order valence-corrected chi connectivity index (χ1v) is 9.61. The van der Waals surface area contributed by atoms with Gasteiger partial charge in [-0.2, -0.15) is 0 Å². The predicted octanol–water partition coefficient (Wildman–Crippen LogP) is 1.90. The van der Waals surface area contributed by atoms with Crippen LogP contribution in [0.4, 0.5) is 4.79 Å². The maximum atomic E-state index is 11.9. The molecule has 1 N–H and O–H groups in total. The highest BCUT2D eigenvalue weighted by molar-refractivity contribution is 7.80. The zero-order valence-electron chi connectivity index (χ0n) is 15.2. The fourth-order valence-corrected chi connectivity index (χ4v) is 3.64. The highest BCUT2D eigenvalue weighted by Crippen LogP contribution is 2.25. The van der Waals surface area contributed by atoms with Gasteiger partial charge in [-0.3, -0.25) is 9.69 Å². The zero-order valence-corrected chi connectivity index (χ0v) is 16.0. The number of carbonyl (C=O) groups is 2. The van der Waals surface area contributed by atoms with Crippen molar-refractivity contribution in [1.29, 1.82) is 0 Å². The number of esters is 1. The predicted molar refractivity (Wildman–Crippen MR) is 98.3 cm³/mol. The van der Waals surface area contributed by atoms with Crippen molar-refractivity contribution in [2.45, 2.75) is 58.0 Å². The number of hydrogen-bond donors (Lipinski definition) is 1. The lowest BCUT2D eigenvalue weighted by Crippen LogP contribution is -2.51. The Hall–Kier alpha value is -1.57. The van der Waals surface area contributed by atoms with Crippen LogP contribution in [-0.4, -0.2) is 71.9 Å². The molecule has 25 heavy (non-hydrogen) atoms. The lowest BCUT2D eigenvalue weighted by molar-refractivity contribution is -0.143. The van der Waals surface area contributed by atoms with Crippen LogP contribution >= 0.6 is 12.2 Å². The molecule has 0 aliphatic carbocycles. The first-order valence-electron chi connectivity index (χ1n) is 9.20. The molecular formula is C17H29N3O4S. The molecule has 0 aromatic rings. The average Bonchev–Trinajstić information content (AvgIpc) is 2.99. The van der Waals surface area contributed by atoms with Gasteiger partial charge >= 0.3 is 12.1 Å². The van der Waals surface area contributed by atoms with Gasteiger partial charge in [0.2, 0.25) is 0 Å². The number of carbonyl (C=O) groups excluding carboxylic acids is 2. The second kappa shape index (κ2) is 9.79. The molecule has 7 nitrogen and oxygen atoms in total. The molecule has 0 aromatic carbocycles. The number of ether oxygens (including phenoxy) is 2. The van der Waals surface area contributed by atoms with Crippen LogP contribution in [0.15, 0.2) is 0 Å². The van der Waals surface area contributed by atoms with Crippen LogP contribution in [0, 0.1) is 0 Å². The molecule has 142 valence electrons. The molecule has 1 atom stereocenters. The van der Waals surface area contributed by atoms with Crippen LogP contribution in [0.5, 0.6) is 0 Å². The van der Waals surface area contributed by atoms with Gasteiger partial charge in [0.25, 0.3) is 0 Å². The van der Waals surface area contributed by atoms with E-state index in [1.54, 1.807) is 6.92 Å². The summed E-state index contributed by atoms with van der Waals surface area (Å²) in [7, 11) is 0. The molecule has 0 radical (unpaired) electrons. The SMILES string of the molecule is CCOC(=O)CCCNC(=S)N1CCC(N2C(=O)OCC2CC)CC1. The third-order valence-electron chi connectivity index (χ3n) is 4.76. The van der Waals surface area contributed by atoms with Crippen molar-refractivity contribution in [3.63, 3.8) is 0 Å². The Kier molecular flexibility index (Phi) is 7.74. The molecule has 2 aliphatic rings. The first kappa shape index (κ1) is 19.8. The number of nitrogens with one attached hydrogen (secondary N) is 1. The third kappa shape index (κ3) is 5.45. The molecule has 1 unspecified atom stereocenters. The molecule has 0 saturated carbocycles. The fourth-order valence-electron chi connectivity index (χ4n) is 3.35. The minimum absolute atomic E-state index is 0.168. The van der Waals surface area contributed by atoms with E-state index < -0.39 is 0 Å². The zero-order chi connectivity index (χ0) is 18.2. The van der Waals surface area contributed by atoms with Gasteiger partial charge < -0.3 is 19.7 Å². The van der Waals surface area contributed by atoms with Gasteiger partial charge in [0.05, 0.1) is 12.6 Å². The van der Waals surface area contributed by atoms with Crippen LogP contribution in [0.2, 0.25) is 0 Å². The summed E-state index contributed by atoms with van der Waals surface area (Å²) in [6.45, 7) is 7.14. The molecule has 2 fully saturated rings. The summed E-state index contributed by atoms with van der Waals surface area (Å²) in [5.74, 6) is -0.168. The number of rotatable bonds is 7. The van der Waals surface area contributed by atoms with Gasteiger partial charge in [0, 0.05) is 32.1 Å². The standard InChI is InChI=1S/C17H29N3O4S/c1-3-13-12-24-17(22)20(13)14-7-10-19(11-8-14)16(25)18-9-5-6-15(21)23-4-2/h13-14H,3-12H2,1-2H3,(H,18,25). The Balaban J connectivity index is 1.68. The number of likely N-dealkylation sites (tertiary alicyclic amines) is 1. The lowest BCUT2D eigenvalue weighted by atomic mass is 10.0. The van der Waals surface area contributed by atoms with E-state index in [1.165, 1.54) is 0 Å². The van der Waals surface area contributed by atoms with Crippen molar-refractivity contribution in [2.24, 2.45) is 0 Å². The third-order valence-corrected chi connectivity index (χ3v) is 5.16. The Morgan fingerprint density at radius 3 is 2.72 bits per heavy atom. The van der Waals surface area contributed by atoms with Gasteiger partial charge in [-0.05, 0) is 44.8 Å². The van der Waals surface area contributed by atoms with Crippen molar-refractivity contribution in [2.75, 3.05) is 32.8 Å². The maximum Gasteiger partial charge on any atom is 0.410 e. The number of nitrogens with zero attached hydrogens (tertiary/aromatic N) is 2. The molecule has 0 spiro atoms. The number of amides is 1. The van der Waals surface area contributed by atoms with E-state index in [0.717, 1.165) is 37.5 Å². The summed E-state index contributed by atoms with van der Waals surface area (Å²) in [5.41, 5.74) is 0. The molecule has 2 rings (SSSR count). The quantitative estimate of drug-likeness (QED) is 0.416. The number of cyclic esters (lactones) is 1. The summed E-state index contributed by atoms with van der Waals surface area (Å²) < 4.78 is 10.1. The summed E-state index contributed by atoms with van der Waals surface area (Å²) >= 11 is 5.44. The van der Waals surface area contributed by atoms with E-state index in [9.17, 15) is 9.59 Å². The van der Waals surface area contributed by atoms with Crippen LogP contribution in [-0.2, 0) is 14.3 Å². The van der Waals surface area contributed by atoms with Gasteiger partial charge in [-0.15, -0.1) is 0 Å². The smallest absolute Gasteiger partial charge is 0.410 e. The Bertz CT molecular complexity index is 481. The van der Waals surface area contributed by atoms with Gasteiger partial charge in [0.1, 0.15) is 6.61 Å². The van der Waals surface area contributed by atoms with Crippen molar-refractivity contribution in [1.82, 2.24) is 15.1 Å². The summed E-state index contributed by atoms with van der Waals surface area (Å²) in [5, 5.41) is 3.93. The molecule has 2 saturated heterocycles. The lowest BCUT2D eigenvalue weighted by Gasteiger charge is -2.38. The van der Waals surface area contributed by atoms with Crippen LogP contribution in [0.3, 0.4) is 0 Å². The van der Waals surface area contributed by atoms with Crippen molar-refractivity contribution >= 4 is 29.4 Å². The van der Waals surface area contributed by atoms with Crippen LogP contribution in [0.25, 0.3) is 0 Å². The topological polar surface area (TPSA) is 71.1 Å². The molecule has 8 heteroatoms. The van der Waals surface area contributed by atoms with Crippen LogP contribution < -0.4 is 5.32 Å². The summed E-state index contributed by atoms with van der Waals surface area (Å²) in [6.07, 6.45) is 3.65. The van der Waals surface area contributed by atoms with E-state index in [-0.39, 0.29) is 24.1 Å². The highest BCUT2D eigenvalue weighted by Gasteiger charge is 2.38. The maximum absolute atomic E-state index is 11.9. The first-order chi connectivity index (χ1) is 12.1. The summed E-state index contributed by atoms with van der Waals surface area (Å²) in [6, 6.07) is 0.444. The molecular weight excluding hydrogens is 342 g/mol. The van der Waals surface area contributed by atoms with E-state index in [4.69, 9.17) is 21.7 Å². The fraction of sp³-hybridized carbons (Fsp3) is 0.824.